The number of carbonyl (C=O) groups excluding carboxylic acids is 2. The molecule has 1 fully saturated rings. The van der Waals surface area contributed by atoms with Crippen LogP contribution < -0.4 is 25.2 Å². The predicted octanol–water partition coefficient (Wildman–Crippen LogP) is 5.12. The normalized spacial score (nSPS) is 18.5. The van der Waals surface area contributed by atoms with E-state index in [4.69, 9.17) is 18.6 Å². The molecule has 0 radical (unpaired) electrons. The number of hydrogen-bond acceptors (Lipinski definition) is 7. The van der Waals surface area contributed by atoms with Gasteiger partial charge in [-0.3, -0.25) is 9.69 Å². The van der Waals surface area contributed by atoms with Gasteiger partial charge < -0.3 is 23.9 Å². The fourth-order valence-electron chi connectivity index (χ4n) is 4.98. The van der Waals surface area contributed by atoms with Crippen LogP contribution in [-0.2, 0) is 22.9 Å². The van der Waals surface area contributed by atoms with Crippen LogP contribution in [0, 0.1) is 0 Å². The smallest absolute Gasteiger partial charge is 0.417 e. The van der Waals surface area contributed by atoms with E-state index in [2.05, 4.69) is 5.32 Å². The summed E-state index contributed by atoms with van der Waals surface area (Å²) in [4.78, 5) is 38.9. The summed E-state index contributed by atoms with van der Waals surface area (Å²) in [5.41, 5.74) is -2.58. The molecule has 9 nitrogen and oxygen atoms in total. The van der Waals surface area contributed by atoms with Crippen LogP contribution in [0.3, 0.4) is 0 Å². The highest BCUT2D eigenvalue weighted by Crippen LogP contribution is 2.39. The highest BCUT2D eigenvalue weighted by molar-refractivity contribution is 6.07. The molecule has 1 N–H and O–H groups in total. The Morgan fingerprint density at radius 2 is 1.82 bits per heavy atom. The van der Waals surface area contributed by atoms with Gasteiger partial charge in [-0.05, 0) is 56.0 Å². The van der Waals surface area contributed by atoms with Gasteiger partial charge in [0.15, 0.2) is 11.5 Å². The van der Waals surface area contributed by atoms with Crippen molar-refractivity contribution in [3.05, 3.63) is 63.5 Å². The molecule has 0 saturated carbocycles. The third-order valence-corrected chi connectivity index (χ3v) is 7.04. The number of hydrogen-bond donors (Lipinski definition) is 1. The number of nitrogens with one attached hydrogen (secondary N) is 1. The fourth-order valence-corrected chi connectivity index (χ4v) is 4.98. The Hall–Kier alpha value is -4.22. The van der Waals surface area contributed by atoms with Gasteiger partial charge in [-0.2, -0.15) is 13.2 Å². The minimum absolute atomic E-state index is 0.0895. The molecule has 212 valence electrons. The van der Waals surface area contributed by atoms with Crippen LogP contribution in [0.4, 0.5) is 18.0 Å². The molecule has 40 heavy (non-hydrogen) atoms. The second-order valence-corrected chi connectivity index (χ2v) is 9.78. The van der Waals surface area contributed by atoms with Gasteiger partial charge in [0.05, 0.1) is 12.2 Å². The molecule has 1 unspecified atom stereocenters. The molecule has 0 aliphatic carbocycles. The Kier molecular flexibility index (Phi) is 7.11. The molecule has 2 aliphatic heterocycles. The maximum Gasteiger partial charge on any atom is 0.417 e. The largest absolute Gasteiger partial charge is 0.493 e. The zero-order chi connectivity index (χ0) is 28.7. The molecule has 2 aromatic carbocycles. The second-order valence-electron chi connectivity index (χ2n) is 9.78. The van der Waals surface area contributed by atoms with Gasteiger partial charge in [0.1, 0.15) is 16.9 Å². The Morgan fingerprint density at radius 1 is 1.05 bits per heavy atom. The van der Waals surface area contributed by atoms with Gasteiger partial charge >= 0.3 is 17.8 Å². The third kappa shape index (κ3) is 4.93. The van der Waals surface area contributed by atoms with E-state index in [1.165, 1.54) is 12.1 Å². The minimum Gasteiger partial charge on any atom is -0.493 e. The summed E-state index contributed by atoms with van der Waals surface area (Å²) in [6.07, 6.45) is -2.89. The number of unbranched alkanes of at least 4 members (excludes halogenated alkanes) is 1. The molecule has 0 spiro atoms. The summed E-state index contributed by atoms with van der Waals surface area (Å²) in [6.45, 7) is 3.90. The summed E-state index contributed by atoms with van der Waals surface area (Å²) in [7, 11) is 0. The maximum absolute atomic E-state index is 13.5. The van der Waals surface area contributed by atoms with E-state index >= 15 is 0 Å². The molecule has 0 bridgehead atoms. The molecule has 3 aromatic rings. The zero-order valence-corrected chi connectivity index (χ0v) is 21.9. The fraction of sp³-hybridized carbons (Fsp3) is 0.393. The van der Waals surface area contributed by atoms with Crippen molar-refractivity contribution in [2.24, 2.45) is 0 Å². The number of alkyl halides is 3. The van der Waals surface area contributed by atoms with Crippen molar-refractivity contribution in [1.29, 1.82) is 0 Å². The van der Waals surface area contributed by atoms with Gasteiger partial charge in [0.2, 0.25) is 6.79 Å². The van der Waals surface area contributed by atoms with Crippen LogP contribution >= 0.6 is 0 Å². The SMILES string of the molecule is CCCc1c(OCCCCN2C(=O)NC(C)(c3ccc4c(c3)OCO4)C2=O)ccc2c(C(F)(F)F)cc(=O)oc12. The first-order chi connectivity index (χ1) is 19.0. The van der Waals surface area contributed by atoms with Gasteiger partial charge in [-0.1, -0.05) is 19.4 Å². The van der Waals surface area contributed by atoms with E-state index in [9.17, 15) is 27.6 Å². The Morgan fingerprint density at radius 3 is 2.58 bits per heavy atom. The van der Waals surface area contributed by atoms with Crippen molar-refractivity contribution in [2.45, 2.75) is 51.2 Å². The molecule has 1 saturated heterocycles. The lowest BCUT2D eigenvalue weighted by Gasteiger charge is -2.22. The lowest BCUT2D eigenvalue weighted by molar-refractivity contribution is -0.136. The topological polar surface area (TPSA) is 107 Å². The number of amides is 3. The Labute approximate surface area is 226 Å². The van der Waals surface area contributed by atoms with Crippen LogP contribution in [0.15, 0.2) is 45.6 Å². The van der Waals surface area contributed by atoms with Gasteiger partial charge in [-0.15, -0.1) is 0 Å². The summed E-state index contributed by atoms with van der Waals surface area (Å²) < 4.78 is 62.3. The van der Waals surface area contributed by atoms with Crippen LogP contribution in [0.5, 0.6) is 17.2 Å². The molecule has 12 heteroatoms. The highest BCUT2D eigenvalue weighted by Gasteiger charge is 2.49. The first kappa shape index (κ1) is 27.4. The van der Waals surface area contributed by atoms with E-state index in [-0.39, 0.29) is 30.9 Å². The number of fused-ring (bicyclic) bond motifs is 2. The molecule has 1 aromatic heterocycles. The van der Waals surface area contributed by atoms with Gasteiger partial charge in [0, 0.05) is 23.6 Å². The Bertz CT molecular complexity index is 1530. The molecule has 5 rings (SSSR count). The summed E-state index contributed by atoms with van der Waals surface area (Å²) in [6, 6.07) is 7.69. The van der Waals surface area contributed by atoms with Crippen molar-refractivity contribution < 1.29 is 41.4 Å². The molecule has 2 aliphatic rings. The van der Waals surface area contributed by atoms with Gasteiger partial charge in [0.25, 0.3) is 5.91 Å². The molecular weight excluding hydrogens is 533 g/mol. The number of imide groups is 1. The van der Waals surface area contributed by atoms with E-state index < -0.39 is 34.8 Å². The quantitative estimate of drug-likeness (QED) is 0.220. The second kappa shape index (κ2) is 10.4. The number of benzene rings is 2. The third-order valence-electron chi connectivity index (χ3n) is 7.04. The molecular formula is C28H27F3N2O7. The number of rotatable bonds is 9. The summed E-state index contributed by atoms with van der Waals surface area (Å²) >= 11 is 0. The van der Waals surface area contributed by atoms with E-state index in [0.717, 1.165) is 4.90 Å². The first-order valence-corrected chi connectivity index (χ1v) is 12.9. The number of aryl methyl sites for hydroxylation is 1. The summed E-state index contributed by atoms with van der Waals surface area (Å²) in [5, 5.41) is 2.55. The molecule has 3 amide bonds. The van der Waals surface area contributed by atoms with Crippen molar-refractivity contribution in [2.75, 3.05) is 19.9 Å². The van der Waals surface area contributed by atoms with E-state index in [1.807, 2.05) is 6.92 Å². The van der Waals surface area contributed by atoms with Crippen LogP contribution in [0.2, 0.25) is 0 Å². The molecule has 3 heterocycles. The first-order valence-electron chi connectivity index (χ1n) is 12.9. The lowest BCUT2D eigenvalue weighted by Crippen LogP contribution is -2.41. The van der Waals surface area contributed by atoms with Gasteiger partial charge in [-0.25, -0.2) is 9.59 Å². The predicted molar refractivity (Wildman–Crippen MR) is 136 cm³/mol. The highest BCUT2D eigenvalue weighted by atomic mass is 19.4. The monoisotopic (exact) mass is 560 g/mol. The Balaban J connectivity index is 1.24. The zero-order valence-electron chi connectivity index (χ0n) is 21.9. The van der Waals surface area contributed by atoms with Crippen LogP contribution in [0.25, 0.3) is 11.0 Å². The van der Waals surface area contributed by atoms with Crippen molar-refractivity contribution in [1.82, 2.24) is 10.2 Å². The van der Waals surface area contributed by atoms with E-state index in [1.54, 1.807) is 25.1 Å². The minimum atomic E-state index is -4.71. The summed E-state index contributed by atoms with van der Waals surface area (Å²) in [5.74, 6) is 0.994. The van der Waals surface area contributed by atoms with E-state index in [0.29, 0.717) is 60.1 Å². The molecule has 1 atom stereocenters. The van der Waals surface area contributed by atoms with Crippen LogP contribution in [-0.4, -0.2) is 36.8 Å². The standard InChI is InChI=1S/C28H27F3N2O7/c1-3-6-18-20(10-8-17-19(28(29,30)31)14-23(34)40-24(17)18)37-12-5-4-11-33-25(35)27(2,32-26(33)36)16-7-9-21-22(13-16)39-15-38-21/h7-10,13-14H,3-6,11-12,15H2,1-2H3,(H,32,36). The number of halogens is 3. The van der Waals surface area contributed by atoms with Crippen molar-refractivity contribution in [3.63, 3.8) is 0 Å². The number of urea groups is 1. The average Bonchev–Trinajstić information content (AvgIpc) is 3.46. The lowest BCUT2D eigenvalue weighted by atomic mass is 9.91. The van der Waals surface area contributed by atoms with Crippen LogP contribution in [0.1, 0.15) is 49.8 Å². The number of carbonyl (C=O) groups is 2. The van der Waals surface area contributed by atoms with Crippen molar-refractivity contribution in [3.8, 4) is 17.2 Å². The average molecular weight is 561 g/mol. The number of ether oxygens (including phenoxy) is 3. The van der Waals surface area contributed by atoms with Crippen molar-refractivity contribution >= 4 is 22.9 Å². The number of nitrogens with zero attached hydrogens (tertiary/aromatic N) is 1. The maximum atomic E-state index is 13.5.